The van der Waals surface area contributed by atoms with Gasteiger partial charge in [-0.1, -0.05) is 27.7 Å². The lowest BCUT2D eigenvalue weighted by atomic mass is 10.0. The number of aliphatic hydroxyl groups is 1. The number of hydrogen-bond donors (Lipinski definition) is 1. The van der Waals surface area contributed by atoms with Crippen LogP contribution in [0.4, 0.5) is 0 Å². The van der Waals surface area contributed by atoms with Crippen LogP contribution in [-0.4, -0.2) is 47.0 Å². The van der Waals surface area contributed by atoms with Crippen molar-refractivity contribution in [2.24, 2.45) is 5.92 Å². The van der Waals surface area contributed by atoms with Gasteiger partial charge in [-0.05, 0) is 24.2 Å². The molecule has 2 atom stereocenters. The fourth-order valence-corrected chi connectivity index (χ4v) is 2.67. The van der Waals surface area contributed by atoms with Crippen LogP contribution in [0.15, 0.2) is 11.8 Å². The van der Waals surface area contributed by atoms with E-state index in [4.69, 9.17) is 19.0 Å². The third-order valence-corrected chi connectivity index (χ3v) is 8.75. The number of aliphatic hydroxyl groups excluding tert-OH is 1. The molecule has 0 unspecified atom stereocenters. The first-order chi connectivity index (χ1) is 9.10. The first kappa shape index (κ1) is 19.6. The molecule has 5 heteroatoms. The van der Waals surface area contributed by atoms with E-state index in [0.29, 0.717) is 6.61 Å². The lowest BCUT2D eigenvalue weighted by molar-refractivity contribution is 0.0119. The second-order valence-corrected chi connectivity index (χ2v) is 11.4. The van der Waals surface area contributed by atoms with Gasteiger partial charge in [0.25, 0.3) is 0 Å². The normalized spacial score (nSPS) is 16.9. The average molecular weight is 305 g/mol. The summed E-state index contributed by atoms with van der Waals surface area (Å²) in [6.07, 6.45) is 1.59. The molecule has 0 amide bonds. The van der Waals surface area contributed by atoms with Gasteiger partial charge in [-0.2, -0.15) is 0 Å². The highest BCUT2D eigenvalue weighted by atomic mass is 28.4. The summed E-state index contributed by atoms with van der Waals surface area (Å²) in [5.41, 5.74) is 0. The monoisotopic (exact) mass is 304 g/mol. The van der Waals surface area contributed by atoms with Crippen LogP contribution >= 0.6 is 0 Å². The molecule has 0 heterocycles. The van der Waals surface area contributed by atoms with Crippen molar-refractivity contribution in [2.75, 3.05) is 27.4 Å². The quantitative estimate of drug-likeness (QED) is 0.553. The van der Waals surface area contributed by atoms with Crippen LogP contribution in [0.5, 0.6) is 0 Å². The summed E-state index contributed by atoms with van der Waals surface area (Å²) in [4.78, 5) is 0. The standard InChI is InChI=1S/C15H32O4Si/c1-12(13(17-5)9-10-16)14(18-6)11-19-20(7,8)15(2,3)4/h9,12,14,16H,10-11H2,1-8H3/b13-9+/t12-,14-/m0/s1. The molecule has 0 saturated carbocycles. The Hall–Kier alpha value is -0.363. The first-order valence-electron chi connectivity index (χ1n) is 7.12. The van der Waals surface area contributed by atoms with Crippen molar-refractivity contribution in [2.45, 2.75) is 51.9 Å². The SMILES string of the molecule is CO/C(=C/CO)[C@H](C)[C@H](CO[Si](C)(C)C(C)(C)C)OC. The zero-order valence-corrected chi connectivity index (χ0v) is 15.3. The molecule has 4 nitrogen and oxygen atoms in total. The van der Waals surface area contributed by atoms with Gasteiger partial charge in [-0.25, -0.2) is 0 Å². The Morgan fingerprint density at radius 2 is 1.80 bits per heavy atom. The molecule has 0 aromatic carbocycles. The molecule has 0 aliphatic heterocycles. The maximum absolute atomic E-state index is 9.02. The van der Waals surface area contributed by atoms with Crippen LogP contribution in [0.3, 0.4) is 0 Å². The summed E-state index contributed by atoms with van der Waals surface area (Å²) in [5, 5.41) is 9.20. The Balaban J connectivity index is 4.76. The smallest absolute Gasteiger partial charge is 0.192 e. The Labute approximate surface area is 125 Å². The van der Waals surface area contributed by atoms with Crippen molar-refractivity contribution >= 4 is 8.32 Å². The summed E-state index contributed by atoms with van der Waals surface area (Å²) >= 11 is 0. The van der Waals surface area contributed by atoms with E-state index in [0.717, 1.165) is 5.76 Å². The third kappa shape index (κ3) is 5.56. The van der Waals surface area contributed by atoms with Gasteiger partial charge >= 0.3 is 0 Å². The van der Waals surface area contributed by atoms with Gasteiger partial charge in [0.05, 0.1) is 32.2 Å². The molecule has 0 spiro atoms. The molecule has 0 aromatic heterocycles. The average Bonchev–Trinajstić information content (AvgIpc) is 2.34. The van der Waals surface area contributed by atoms with Gasteiger partial charge in [0.15, 0.2) is 8.32 Å². The zero-order valence-electron chi connectivity index (χ0n) is 14.3. The number of methoxy groups -OCH3 is 2. The molecule has 0 aliphatic rings. The van der Waals surface area contributed by atoms with Crippen molar-refractivity contribution in [3.8, 4) is 0 Å². The van der Waals surface area contributed by atoms with Gasteiger partial charge in [0, 0.05) is 13.0 Å². The van der Waals surface area contributed by atoms with Gasteiger partial charge in [-0.3, -0.25) is 0 Å². The number of hydrogen-bond acceptors (Lipinski definition) is 4. The predicted octanol–water partition coefficient (Wildman–Crippen LogP) is 3.18. The van der Waals surface area contributed by atoms with E-state index in [1.807, 2.05) is 6.92 Å². The molecule has 120 valence electrons. The van der Waals surface area contributed by atoms with E-state index in [1.54, 1.807) is 20.3 Å². The first-order valence-corrected chi connectivity index (χ1v) is 10.0. The van der Waals surface area contributed by atoms with Gasteiger partial charge in [0.1, 0.15) is 0 Å². The zero-order chi connectivity index (χ0) is 16.0. The number of ether oxygens (including phenoxy) is 2. The summed E-state index contributed by atoms with van der Waals surface area (Å²) in [6, 6.07) is 0. The van der Waals surface area contributed by atoms with E-state index in [2.05, 4.69) is 33.9 Å². The highest BCUT2D eigenvalue weighted by molar-refractivity contribution is 6.74. The topological polar surface area (TPSA) is 47.9 Å². The summed E-state index contributed by atoms with van der Waals surface area (Å²) in [6.45, 7) is 13.6. The molecule has 0 fully saturated rings. The second kappa shape index (κ2) is 8.17. The largest absolute Gasteiger partial charge is 0.501 e. The van der Waals surface area contributed by atoms with E-state index >= 15 is 0 Å². The number of rotatable bonds is 8. The van der Waals surface area contributed by atoms with Crippen LogP contribution < -0.4 is 0 Å². The fourth-order valence-electron chi connectivity index (χ4n) is 1.65. The Kier molecular flexibility index (Phi) is 8.02. The lowest BCUT2D eigenvalue weighted by Gasteiger charge is -2.38. The highest BCUT2D eigenvalue weighted by Gasteiger charge is 2.38. The molecular weight excluding hydrogens is 272 g/mol. The molecule has 0 aromatic rings. The minimum absolute atomic E-state index is 0.0347. The highest BCUT2D eigenvalue weighted by Crippen LogP contribution is 2.37. The van der Waals surface area contributed by atoms with E-state index in [-0.39, 0.29) is 23.7 Å². The minimum Gasteiger partial charge on any atom is -0.501 e. The van der Waals surface area contributed by atoms with Gasteiger partial charge < -0.3 is 19.0 Å². The van der Waals surface area contributed by atoms with Crippen molar-refractivity contribution < 1.29 is 19.0 Å². The molecule has 0 rings (SSSR count). The Bertz CT molecular complexity index is 307. The van der Waals surface area contributed by atoms with Crippen LogP contribution in [0.25, 0.3) is 0 Å². The third-order valence-electron chi connectivity index (χ3n) is 4.25. The fraction of sp³-hybridized carbons (Fsp3) is 0.867. The summed E-state index contributed by atoms with van der Waals surface area (Å²) in [5.74, 6) is 0.778. The minimum atomic E-state index is -1.78. The molecule has 0 saturated heterocycles. The molecule has 0 radical (unpaired) electrons. The summed E-state index contributed by atoms with van der Waals surface area (Å²) in [7, 11) is 1.51. The van der Waals surface area contributed by atoms with Crippen molar-refractivity contribution in [1.29, 1.82) is 0 Å². The van der Waals surface area contributed by atoms with E-state index < -0.39 is 8.32 Å². The maximum Gasteiger partial charge on any atom is 0.192 e. The maximum atomic E-state index is 9.02. The van der Waals surface area contributed by atoms with Crippen LogP contribution in [0, 0.1) is 5.92 Å². The van der Waals surface area contributed by atoms with E-state index in [9.17, 15) is 0 Å². The van der Waals surface area contributed by atoms with Gasteiger partial charge in [-0.15, -0.1) is 0 Å². The molecular formula is C15H32O4Si. The van der Waals surface area contributed by atoms with Crippen molar-refractivity contribution in [1.82, 2.24) is 0 Å². The molecule has 0 bridgehead atoms. The van der Waals surface area contributed by atoms with Crippen molar-refractivity contribution in [3.63, 3.8) is 0 Å². The molecule has 20 heavy (non-hydrogen) atoms. The Morgan fingerprint density at radius 1 is 1.25 bits per heavy atom. The van der Waals surface area contributed by atoms with Crippen molar-refractivity contribution in [3.05, 3.63) is 11.8 Å². The van der Waals surface area contributed by atoms with Gasteiger partial charge in [0.2, 0.25) is 0 Å². The molecule has 1 N–H and O–H groups in total. The summed E-state index contributed by atoms with van der Waals surface area (Å²) < 4.78 is 17.1. The predicted molar refractivity (Wildman–Crippen MR) is 85.3 cm³/mol. The van der Waals surface area contributed by atoms with Crippen LogP contribution in [0.2, 0.25) is 18.1 Å². The van der Waals surface area contributed by atoms with E-state index in [1.165, 1.54) is 0 Å². The van der Waals surface area contributed by atoms with Crippen LogP contribution in [0.1, 0.15) is 27.7 Å². The Morgan fingerprint density at radius 3 is 2.15 bits per heavy atom. The second-order valence-electron chi connectivity index (χ2n) is 6.63. The molecule has 0 aliphatic carbocycles. The lowest BCUT2D eigenvalue weighted by Crippen LogP contribution is -2.44. The van der Waals surface area contributed by atoms with Crippen LogP contribution in [-0.2, 0) is 13.9 Å².